The van der Waals surface area contributed by atoms with Gasteiger partial charge in [0.2, 0.25) is 0 Å². The maximum Gasteiger partial charge on any atom is 0.313 e. The van der Waals surface area contributed by atoms with Crippen molar-refractivity contribution in [2.24, 2.45) is 0 Å². The van der Waals surface area contributed by atoms with E-state index in [1.807, 2.05) is 0 Å². The molecule has 7 heteroatoms. The Bertz CT molecular complexity index is 519. The highest BCUT2D eigenvalue weighted by Gasteiger charge is 2.43. The lowest BCUT2D eigenvalue weighted by Crippen LogP contribution is -2.52. The van der Waals surface area contributed by atoms with Gasteiger partial charge >= 0.3 is 5.69 Å². The molecule has 0 aliphatic heterocycles. The van der Waals surface area contributed by atoms with E-state index in [2.05, 4.69) is 0 Å². The van der Waals surface area contributed by atoms with E-state index in [4.69, 9.17) is 9.47 Å². The van der Waals surface area contributed by atoms with E-state index in [1.54, 1.807) is 6.92 Å². The van der Waals surface area contributed by atoms with Crippen LogP contribution < -0.4 is 4.74 Å². The number of Topliss-reactive ketones (excluding diaryl/α,β-unsaturated/α-hetero) is 1. The normalized spacial score (nSPS) is 21.9. The molecular weight excluding hydrogens is 257 g/mol. The molecule has 1 aliphatic carbocycles. The highest BCUT2D eigenvalue weighted by molar-refractivity contribution is 5.90. The number of nitrogens with zero attached hydrogens (tertiary/aromatic N) is 1. The van der Waals surface area contributed by atoms with Crippen LogP contribution in [0.15, 0.2) is 18.2 Å². The van der Waals surface area contributed by atoms with Gasteiger partial charge in [-0.1, -0.05) is 0 Å². The SMILES string of the molecule is CCOC1C(=O)CC1Oc1ccc(F)cc1[N+](=O)[O-]. The Labute approximate surface area is 108 Å². The van der Waals surface area contributed by atoms with Gasteiger partial charge in [-0.05, 0) is 19.1 Å². The van der Waals surface area contributed by atoms with Crippen LogP contribution in [0.25, 0.3) is 0 Å². The second-order valence-corrected chi connectivity index (χ2v) is 4.07. The fraction of sp³-hybridized carbons (Fsp3) is 0.417. The molecule has 0 spiro atoms. The van der Waals surface area contributed by atoms with Crippen LogP contribution in [0.1, 0.15) is 13.3 Å². The van der Waals surface area contributed by atoms with Gasteiger partial charge in [0, 0.05) is 13.0 Å². The maximum atomic E-state index is 13.0. The molecule has 19 heavy (non-hydrogen) atoms. The molecule has 2 unspecified atom stereocenters. The highest BCUT2D eigenvalue weighted by atomic mass is 19.1. The van der Waals surface area contributed by atoms with Crippen LogP contribution in [0, 0.1) is 15.9 Å². The first-order valence-electron chi connectivity index (χ1n) is 5.78. The molecule has 1 aromatic rings. The minimum absolute atomic E-state index is 0.0615. The van der Waals surface area contributed by atoms with Crippen molar-refractivity contribution >= 4 is 11.5 Å². The minimum Gasteiger partial charge on any atom is -0.480 e. The van der Waals surface area contributed by atoms with E-state index in [1.165, 1.54) is 6.07 Å². The zero-order valence-electron chi connectivity index (χ0n) is 10.2. The Balaban J connectivity index is 2.15. The number of benzene rings is 1. The van der Waals surface area contributed by atoms with E-state index in [9.17, 15) is 19.3 Å². The fourth-order valence-electron chi connectivity index (χ4n) is 1.85. The summed E-state index contributed by atoms with van der Waals surface area (Å²) in [6.45, 7) is 2.09. The minimum atomic E-state index is -0.728. The second-order valence-electron chi connectivity index (χ2n) is 4.07. The van der Waals surface area contributed by atoms with Gasteiger partial charge in [0.25, 0.3) is 0 Å². The molecular formula is C12H12FNO5. The Morgan fingerprint density at radius 1 is 1.53 bits per heavy atom. The molecule has 0 amide bonds. The number of hydrogen-bond donors (Lipinski definition) is 0. The lowest BCUT2D eigenvalue weighted by Gasteiger charge is -2.34. The Morgan fingerprint density at radius 2 is 2.26 bits per heavy atom. The van der Waals surface area contributed by atoms with Crippen molar-refractivity contribution in [1.82, 2.24) is 0 Å². The van der Waals surface area contributed by atoms with Gasteiger partial charge in [0.05, 0.1) is 11.0 Å². The Morgan fingerprint density at radius 3 is 2.84 bits per heavy atom. The third kappa shape index (κ3) is 2.70. The molecule has 0 heterocycles. The number of nitro benzene ring substituents is 1. The van der Waals surface area contributed by atoms with Crippen molar-refractivity contribution in [2.75, 3.05) is 6.61 Å². The van der Waals surface area contributed by atoms with E-state index in [0.717, 1.165) is 12.1 Å². The number of rotatable bonds is 5. The number of carbonyl (C=O) groups is 1. The average Bonchev–Trinajstić information content (AvgIpc) is 2.37. The molecule has 2 rings (SSSR count). The number of ketones is 1. The maximum absolute atomic E-state index is 13.0. The van der Waals surface area contributed by atoms with Crippen molar-refractivity contribution in [2.45, 2.75) is 25.6 Å². The standard InChI is InChI=1S/C12H12FNO5/c1-2-18-12-9(15)6-11(12)19-10-4-3-7(13)5-8(10)14(16)17/h3-5,11-12H,2,6H2,1H3. The van der Waals surface area contributed by atoms with E-state index < -0.39 is 28.6 Å². The predicted octanol–water partition coefficient (Wildman–Crippen LogP) is 1.86. The Hall–Kier alpha value is -2.02. The summed E-state index contributed by atoms with van der Waals surface area (Å²) in [5, 5.41) is 10.8. The molecule has 0 N–H and O–H groups in total. The van der Waals surface area contributed by atoms with Gasteiger partial charge < -0.3 is 9.47 Å². The van der Waals surface area contributed by atoms with Crippen LogP contribution in [0.3, 0.4) is 0 Å². The fourth-order valence-corrected chi connectivity index (χ4v) is 1.85. The molecule has 1 saturated carbocycles. The van der Waals surface area contributed by atoms with Crippen LogP contribution in [0.5, 0.6) is 5.75 Å². The van der Waals surface area contributed by atoms with E-state index in [0.29, 0.717) is 6.61 Å². The summed E-state index contributed by atoms with van der Waals surface area (Å²) >= 11 is 0. The number of halogens is 1. The molecule has 0 aromatic heterocycles. The molecule has 1 aromatic carbocycles. The topological polar surface area (TPSA) is 78.7 Å². The van der Waals surface area contributed by atoms with Crippen LogP contribution in [-0.4, -0.2) is 29.5 Å². The molecule has 0 radical (unpaired) electrons. The number of hydrogen-bond acceptors (Lipinski definition) is 5. The largest absolute Gasteiger partial charge is 0.480 e. The molecule has 0 saturated heterocycles. The monoisotopic (exact) mass is 269 g/mol. The lowest BCUT2D eigenvalue weighted by atomic mass is 9.90. The molecule has 0 bridgehead atoms. The van der Waals surface area contributed by atoms with Crippen LogP contribution in [-0.2, 0) is 9.53 Å². The Kier molecular flexibility index (Phi) is 3.75. The summed E-state index contributed by atoms with van der Waals surface area (Å²) in [5.41, 5.74) is -0.463. The number of carbonyl (C=O) groups excluding carboxylic acids is 1. The van der Waals surface area contributed by atoms with Crippen molar-refractivity contribution in [3.63, 3.8) is 0 Å². The first kappa shape index (κ1) is 13.4. The zero-order valence-corrected chi connectivity index (χ0v) is 10.2. The van der Waals surface area contributed by atoms with Crippen LogP contribution in [0.2, 0.25) is 0 Å². The molecule has 2 atom stereocenters. The van der Waals surface area contributed by atoms with Crippen molar-refractivity contribution in [3.05, 3.63) is 34.1 Å². The van der Waals surface area contributed by atoms with E-state index in [-0.39, 0.29) is 18.0 Å². The molecule has 1 aliphatic rings. The average molecular weight is 269 g/mol. The molecule has 6 nitrogen and oxygen atoms in total. The van der Waals surface area contributed by atoms with Crippen molar-refractivity contribution in [1.29, 1.82) is 0 Å². The van der Waals surface area contributed by atoms with Crippen LogP contribution >= 0.6 is 0 Å². The van der Waals surface area contributed by atoms with Crippen molar-refractivity contribution in [3.8, 4) is 5.75 Å². The lowest BCUT2D eigenvalue weighted by molar-refractivity contribution is -0.386. The third-order valence-corrected chi connectivity index (χ3v) is 2.80. The summed E-state index contributed by atoms with van der Waals surface area (Å²) in [6, 6.07) is 3.03. The zero-order chi connectivity index (χ0) is 14.0. The first-order chi connectivity index (χ1) is 9.02. The van der Waals surface area contributed by atoms with Gasteiger partial charge in [0.15, 0.2) is 17.6 Å². The first-order valence-corrected chi connectivity index (χ1v) is 5.78. The number of ether oxygens (including phenoxy) is 2. The smallest absolute Gasteiger partial charge is 0.313 e. The molecule has 1 fully saturated rings. The van der Waals surface area contributed by atoms with Crippen molar-refractivity contribution < 1.29 is 23.6 Å². The summed E-state index contributed by atoms with van der Waals surface area (Å²) in [4.78, 5) is 21.4. The van der Waals surface area contributed by atoms with Gasteiger partial charge in [0.1, 0.15) is 11.9 Å². The summed E-state index contributed by atoms with van der Waals surface area (Å²) in [7, 11) is 0. The van der Waals surface area contributed by atoms with Gasteiger partial charge in [-0.2, -0.15) is 0 Å². The van der Waals surface area contributed by atoms with Gasteiger partial charge in [-0.3, -0.25) is 14.9 Å². The van der Waals surface area contributed by atoms with Crippen LogP contribution in [0.4, 0.5) is 10.1 Å². The summed E-state index contributed by atoms with van der Waals surface area (Å²) in [6.07, 6.45) is -1.12. The summed E-state index contributed by atoms with van der Waals surface area (Å²) in [5.74, 6) is -0.879. The number of nitro groups is 1. The predicted molar refractivity (Wildman–Crippen MR) is 62.5 cm³/mol. The summed E-state index contributed by atoms with van der Waals surface area (Å²) < 4.78 is 23.5. The van der Waals surface area contributed by atoms with Gasteiger partial charge in [-0.15, -0.1) is 0 Å². The highest BCUT2D eigenvalue weighted by Crippen LogP contribution is 2.32. The van der Waals surface area contributed by atoms with Gasteiger partial charge in [-0.25, -0.2) is 4.39 Å². The second kappa shape index (κ2) is 5.31. The molecule has 102 valence electrons. The van der Waals surface area contributed by atoms with E-state index >= 15 is 0 Å². The third-order valence-electron chi connectivity index (χ3n) is 2.80. The quantitative estimate of drug-likeness (QED) is 0.602.